The van der Waals surface area contributed by atoms with Gasteiger partial charge in [-0.15, -0.1) is 0 Å². The molecule has 0 radical (unpaired) electrons. The molecule has 1 atom stereocenters. The second kappa shape index (κ2) is 6.48. The Morgan fingerprint density at radius 1 is 1.22 bits per heavy atom. The zero-order valence-corrected chi connectivity index (χ0v) is 14.9. The van der Waals surface area contributed by atoms with E-state index in [2.05, 4.69) is 29.9 Å². The molecule has 1 aliphatic heterocycles. The van der Waals surface area contributed by atoms with Gasteiger partial charge in [-0.2, -0.15) is 5.10 Å². The fourth-order valence-electron chi connectivity index (χ4n) is 3.66. The van der Waals surface area contributed by atoms with Gasteiger partial charge in [0.2, 0.25) is 0 Å². The summed E-state index contributed by atoms with van der Waals surface area (Å²) >= 11 is 0. The van der Waals surface area contributed by atoms with E-state index in [1.54, 1.807) is 12.6 Å². The molecule has 0 aliphatic carbocycles. The number of furan rings is 1. The minimum absolute atomic E-state index is 0.00542. The van der Waals surface area contributed by atoms with Gasteiger partial charge in [-0.1, -0.05) is 0 Å². The Hall–Kier alpha value is -3.26. The van der Waals surface area contributed by atoms with Crippen LogP contribution in [0.15, 0.2) is 53.9 Å². The van der Waals surface area contributed by atoms with Gasteiger partial charge in [0.1, 0.15) is 0 Å². The van der Waals surface area contributed by atoms with E-state index in [1.165, 1.54) is 11.3 Å². The molecule has 5 heterocycles. The summed E-state index contributed by atoms with van der Waals surface area (Å²) in [6, 6.07) is 3.70. The van der Waals surface area contributed by atoms with E-state index in [-0.39, 0.29) is 6.04 Å². The Morgan fingerprint density at radius 2 is 2.11 bits per heavy atom. The van der Waals surface area contributed by atoms with Gasteiger partial charge in [-0.05, 0) is 12.1 Å². The molecule has 0 amide bonds. The molecule has 4 aromatic heterocycles. The van der Waals surface area contributed by atoms with Crippen molar-refractivity contribution in [3.05, 3.63) is 72.0 Å². The van der Waals surface area contributed by atoms with Crippen LogP contribution < -0.4 is 0 Å². The molecular weight excluding hydrogens is 342 g/mol. The normalized spacial score (nSPS) is 17.1. The van der Waals surface area contributed by atoms with Crippen molar-refractivity contribution in [2.45, 2.75) is 19.0 Å². The smallest absolute Gasteiger partial charge is 0.195 e. The molecule has 8 heteroatoms. The summed E-state index contributed by atoms with van der Waals surface area (Å²) in [5, 5.41) is 4.29. The second-order valence-electron chi connectivity index (χ2n) is 6.73. The standard InChI is InChI=1S/C19H19N7O/c1-25-10-13(7-24-25)11-26-5-4-15-17(23-12-22-15)18(26)14-8-20-19(21-9-14)16-3-2-6-27-16/h2-3,6-10,12,18H,4-5,11H2,1H3,(H,22,23). The summed E-state index contributed by atoms with van der Waals surface area (Å²) in [7, 11) is 1.93. The maximum absolute atomic E-state index is 5.39. The lowest BCUT2D eigenvalue weighted by molar-refractivity contribution is 0.199. The molecule has 4 aromatic rings. The molecule has 0 saturated carbocycles. The number of nitrogens with zero attached hydrogens (tertiary/aromatic N) is 6. The molecule has 27 heavy (non-hydrogen) atoms. The molecule has 0 aromatic carbocycles. The third-order valence-corrected chi connectivity index (χ3v) is 4.90. The first kappa shape index (κ1) is 16.0. The zero-order chi connectivity index (χ0) is 18.2. The van der Waals surface area contributed by atoms with Gasteiger partial charge >= 0.3 is 0 Å². The number of H-pyrrole nitrogens is 1. The van der Waals surface area contributed by atoms with Crippen molar-refractivity contribution in [1.29, 1.82) is 0 Å². The zero-order valence-electron chi connectivity index (χ0n) is 14.9. The fraction of sp³-hybridized carbons (Fsp3) is 0.263. The summed E-state index contributed by atoms with van der Waals surface area (Å²) in [5.74, 6) is 1.25. The van der Waals surface area contributed by atoms with Crippen molar-refractivity contribution < 1.29 is 4.42 Å². The van der Waals surface area contributed by atoms with Crippen LogP contribution in [0.1, 0.15) is 28.6 Å². The number of nitrogens with one attached hydrogen (secondary N) is 1. The quantitative estimate of drug-likeness (QED) is 0.600. The summed E-state index contributed by atoms with van der Waals surface area (Å²) in [6.07, 6.45) is 12.0. The highest BCUT2D eigenvalue weighted by molar-refractivity contribution is 5.46. The van der Waals surface area contributed by atoms with Crippen molar-refractivity contribution in [1.82, 2.24) is 34.6 Å². The van der Waals surface area contributed by atoms with Crippen LogP contribution in [0, 0.1) is 0 Å². The molecule has 1 N–H and O–H groups in total. The average molecular weight is 361 g/mol. The van der Waals surface area contributed by atoms with Crippen LogP contribution >= 0.6 is 0 Å². The first-order chi connectivity index (χ1) is 13.3. The van der Waals surface area contributed by atoms with E-state index < -0.39 is 0 Å². The Balaban J connectivity index is 1.49. The predicted molar refractivity (Wildman–Crippen MR) is 97.5 cm³/mol. The van der Waals surface area contributed by atoms with Crippen LogP contribution in [-0.2, 0) is 20.0 Å². The van der Waals surface area contributed by atoms with Crippen molar-refractivity contribution in [3.63, 3.8) is 0 Å². The molecule has 5 rings (SSSR count). The lowest BCUT2D eigenvalue weighted by Crippen LogP contribution is -2.36. The van der Waals surface area contributed by atoms with E-state index >= 15 is 0 Å². The molecule has 0 bridgehead atoms. The van der Waals surface area contributed by atoms with E-state index in [9.17, 15) is 0 Å². The summed E-state index contributed by atoms with van der Waals surface area (Å²) in [6.45, 7) is 1.72. The number of hydrogen-bond acceptors (Lipinski definition) is 6. The van der Waals surface area contributed by atoms with Gasteiger partial charge in [0.05, 0.1) is 30.5 Å². The van der Waals surface area contributed by atoms with Gasteiger partial charge < -0.3 is 9.40 Å². The van der Waals surface area contributed by atoms with E-state index in [0.717, 1.165) is 30.8 Å². The first-order valence-electron chi connectivity index (χ1n) is 8.87. The Kier molecular flexibility index (Phi) is 3.83. The highest BCUT2D eigenvalue weighted by Gasteiger charge is 2.31. The second-order valence-corrected chi connectivity index (χ2v) is 6.73. The minimum Gasteiger partial charge on any atom is -0.461 e. The molecule has 0 spiro atoms. The van der Waals surface area contributed by atoms with Gasteiger partial charge in [0.15, 0.2) is 11.6 Å². The number of imidazole rings is 1. The number of aromatic nitrogens is 6. The lowest BCUT2D eigenvalue weighted by atomic mass is 9.97. The molecule has 1 aliphatic rings. The van der Waals surface area contributed by atoms with Gasteiger partial charge in [-0.3, -0.25) is 9.58 Å². The molecular formula is C19H19N7O. The van der Waals surface area contributed by atoms with Crippen molar-refractivity contribution in [2.24, 2.45) is 7.05 Å². The van der Waals surface area contributed by atoms with Crippen LogP contribution in [0.5, 0.6) is 0 Å². The Bertz CT molecular complexity index is 1030. The average Bonchev–Trinajstić information content (AvgIpc) is 3.44. The highest BCUT2D eigenvalue weighted by atomic mass is 16.3. The summed E-state index contributed by atoms with van der Waals surface area (Å²) in [4.78, 5) is 19.3. The van der Waals surface area contributed by atoms with Crippen LogP contribution in [0.2, 0.25) is 0 Å². The number of rotatable bonds is 4. The summed E-state index contributed by atoms with van der Waals surface area (Å²) < 4.78 is 7.22. The third-order valence-electron chi connectivity index (χ3n) is 4.90. The largest absolute Gasteiger partial charge is 0.461 e. The Morgan fingerprint density at radius 3 is 2.85 bits per heavy atom. The van der Waals surface area contributed by atoms with E-state index in [1.807, 2.05) is 48.6 Å². The Labute approximate surface area is 155 Å². The number of aryl methyl sites for hydroxylation is 1. The third kappa shape index (κ3) is 2.93. The SMILES string of the molecule is Cn1cc(CN2CCc3[nH]cnc3C2c2cnc(-c3ccco3)nc2)cn1. The summed E-state index contributed by atoms with van der Waals surface area (Å²) in [5.41, 5.74) is 4.41. The van der Waals surface area contributed by atoms with Crippen LogP contribution in [0.3, 0.4) is 0 Å². The van der Waals surface area contributed by atoms with Gasteiger partial charge in [0, 0.05) is 62.0 Å². The molecule has 8 nitrogen and oxygen atoms in total. The van der Waals surface area contributed by atoms with Crippen molar-refractivity contribution in [3.8, 4) is 11.6 Å². The van der Waals surface area contributed by atoms with Crippen LogP contribution in [-0.4, -0.2) is 41.2 Å². The van der Waals surface area contributed by atoms with Gasteiger partial charge in [0.25, 0.3) is 0 Å². The lowest BCUT2D eigenvalue weighted by Gasteiger charge is -2.34. The fourth-order valence-corrected chi connectivity index (χ4v) is 3.66. The maximum Gasteiger partial charge on any atom is 0.195 e. The molecule has 0 fully saturated rings. The minimum atomic E-state index is 0.00542. The number of aromatic amines is 1. The number of fused-ring (bicyclic) bond motifs is 1. The monoisotopic (exact) mass is 361 g/mol. The topological polar surface area (TPSA) is 88.7 Å². The van der Waals surface area contributed by atoms with Crippen LogP contribution in [0.25, 0.3) is 11.6 Å². The molecule has 136 valence electrons. The predicted octanol–water partition coefficient (Wildman–Crippen LogP) is 2.34. The van der Waals surface area contributed by atoms with Crippen molar-refractivity contribution in [2.75, 3.05) is 6.54 Å². The van der Waals surface area contributed by atoms with Crippen LogP contribution in [0.4, 0.5) is 0 Å². The first-order valence-corrected chi connectivity index (χ1v) is 8.87. The van der Waals surface area contributed by atoms with Crippen molar-refractivity contribution >= 4 is 0 Å². The molecule has 0 saturated heterocycles. The van der Waals surface area contributed by atoms with E-state index in [4.69, 9.17) is 4.42 Å². The molecule has 1 unspecified atom stereocenters. The van der Waals surface area contributed by atoms with E-state index in [0.29, 0.717) is 11.6 Å². The van der Waals surface area contributed by atoms with Gasteiger partial charge in [-0.25, -0.2) is 15.0 Å². The maximum atomic E-state index is 5.39. The highest BCUT2D eigenvalue weighted by Crippen LogP contribution is 2.34. The number of hydrogen-bond donors (Lipinski definition) is 1.